The van der Waals surface area contributed by atoms with Crippen LogP contribution in [0.2, 0.25) is 0 Å². The first-order valence-corrected chi connectivity index (χ1v) is 7.04. The molecule has 15 heavy (non-hydrogen) atoms. The molecule has 0 saturated heterocycles. The Balaban J connectivity index is 2.54. The lowest BCUT2D eigenvalue weighted by molar-refractivity contribution is -0.130. The van der Waals surface area contributed by atoms with Gasteiger partial charge in [0.15, 0.2) is 0 Å². The van der Waals surface area contributed by atoms with E-state index in [1.54, 1.807) is 11.8 Å². The molecule has 2 N–H and O–H groups in total. The van der Waals surface area contributed by atoms with Crippen LogP contribution in [0.15, 0.2) is 0 Å². The Kier molecular flexibility index (Phi) is 5.47. The molecule has 0 aliphatic heterocycles. The Bertz CT molecular complexity index is 211. The van der Waals surface area contributed by atoms with Crippen LogP contribution in [0.4, 0.5) is 0 Å². The maximum Gasteiger partial charge on any atom is 0.232 e. The van der Waals surface area contributed by atoms with Gasteiger partial charge in [0.1, 0.15) is 0 Å². The van der Waals surface area contributed by atoms with E-state index in [2.05, 4.69) is 0 Å². The first-order chi connectivity index (χ1) is 7.20. The molecular formula is C11H22N2OS. The van der Waals surface area contributed by atoms with Crippen molar-refractivity contribution in [3.8, 4) is 0 Å². The Morgan fingerprint density at radius 2 is 2.13 bits per heavy atom. The second-order valence-electron chi connectivity index (χ2n) is 4.29. The minimum Gasteiger partial charge on any atom is -0.342 e. The van der Waals surface area contributed by atoms with Crippen LogP contribution in [-0.2, 0) is 4.79 Å². The summed E-state index contributed by atoms with van der Waals surface area (Å²) in [6.07, 6.45) is 6.77. The highest BCUT2D eigenvalue weighted by Gasteiger charge is 2.29. The smallest absolute Gasteiger partial charge is 0.232 e. The van der Waals surface area contributed by atoms with Crippen molar-refractivity contribution in [1.82, 2.24) is 4.90 Å². The van der Waals surface area contributed by atoms with Crippen molar-refractivity contribution in [2.45, 2.75) is 31.7 Å². The lowest BCUT2D eigenvalue weighted by atomic mass is 9.84. The molecule has 1 aliphatic rings. The quantitative estimate of drug-likeness (QED) is 0.792. The number of carbonyl (C=O) groups excluding carboxylic acids is 1. The van der Waals surface area contributed by atoms with Gasteiger partial charge >= 0.3 is 0 Å². The average Bonchev–Trinajstić information content (AvgIpc) is 2.28. The van der Waals surface area contributed by atoms with Crippen LogP contribution in [0.5, 0.6) is 0 Å². The standard InChI is InChI=1S/C11H22N2OS/c1-13(11(14)8-15-2)10-6-4-3-5-9(10)7-12/h9-10H,3-8,12H2,1-2H3. The van der Waals surface area contributed by atoms with Crippen LogP contribution < -0.4 is 5.73 Å². The Hall–Kier alpha value is -0.220. The molecule has 3 nitrogen and oxygen atoms in total. The van der Waals surface area contributed by atoms with Crippen molar-refractivity contribution in [3.63, 3.8) is 0 Å². The van der Waals surface area contributed by atoms with E-state index in [4.69, 9.17) is 5.73 Å². The van der Waals surface area contributed by atoms with Crippen molar-refractivity contribution in [3.05, 3.63) is 0 Å². The first kappa shape index (κ1) is 12.8. The molecule has 0 aromatic carbocycles. The predicted octanol–water partition coefficient (Wildman–Crippen LogP) is 1.33. The van der Waals surface area contributed by atoms with Crippen LogP contribution in [-0.4, -0.2) is 42.4 Å². The largest absolute Gasteiger partial charge is 0.342 e. The van der Waals surface area contributed by atoms with E-state index < -0.39 is 0 Å². The monoisotopic (exact) mass is 230 g/mol. The van der Waals surface area contributed by atoms with E-state index in [0.717, 1.165) is 6.42 Å². The SMILES string of the molecule is CSCC(=O)N(C)C1CCCCC1CN. The van der Waals surface area contributed by atoms with E-state index in [9.17, 15) is 4.79 Å². The number of nitrogens with zero attached hydrogens (tertiary/aromatic N) is 1. The number of amides is 1. The van der Waals surface area contributed by atoms with Gasteiger partial charge < -0.3 is 10.6 Å². The molecular weight excluding hydrogens is 208 g/mol. The lowest BCUT2D eigenvalue weighted by Gasteiger charge is -2.37. The van der Waals surface area contributed by atoms with Crippen LogP contribution in [0, 0.1) is 5.92 Å². The van der Waals surface area contributed by atoms with E-state index in [-0.39, 0.29) is 5.91 Å². The minimum atomic E-state index is 0.243. The fraction of sp³-hybridized carbons (Fsp3) is 0.909. The number of nitrogens with two attached hydrogens (primary N) is 1. The fourth-order valence-corrected chi connectivity index (χ4v) is 2.83. The topological polar surface area (TPSA) is 46.3 Å². The summed E-state index contributed by atoms with van der Waals surface area (Å²) in [6.45, 7) is 0.710. The zero-order valence-corrected chi connectivity index (χ0v) is 10.6. The molecule has 2 atom stereocenters. The van der Waals surface area contributed by atoms with Crippen molar-refractivity contribution in [2.75, 3.05) is 25.6 Å². The van der Waals surface area contributed by atoms with Crippen molar-refractivity contribution in [1.29, 1.82) is 0 Å². The zero-order valence-electron chi connectivity index (χ0n) is 9.74. The second kappa shape index (κ2) is 6.38. The van der Waals surface area contributed by atoms with Crippen LogP contribution in [0.1, 0.15) is 25.7 Å². The normalized spacial score (nSPS) is 26.3. The highest BCUT2D eigenvalue weighted by Crippen LogP contribution is 2.27. The summed E-state index contributed by atoms with van der Waals surface area (Å²) in [5.74, 6) is 1.34. The lowest BCUT2D eigenvalue weighted by Crippen LogP contribution is -2.46. The van der Waals surface area contributed by atoms with Crippen molar-refractivity contribution >= 4 is 17.7 Å². The summed E-state index contributed by atoms with van der Waals surface area (Å²) < 4.78 is 0. The number of hydrogen-bond donors (Lipinski definition) is 1. The number of thioether (sulfide) groups is 1. The Morgan fingerprint density at radius 3 is 2.73 bits per heavy atom. The van der Waals surface area contributed by atoms with Crippen LogP contribution in [0.3, 0.4) is 0 Å². The molecule has 0 aromatic rings. The number of rotatable bonds is 4. The summed E-state index contributed by atoms with van der Waals surface area (Å²) in [5, 5.41) is 0. The molecule has 1 rings (SSSR count). The van der Waals surface area contributed by atoms with E-state index in [0.29, 0.717) is 24.3 Å². The van der Waals surface area contributed by atoms with Gasteiger partial charge in [-0.15, -0.1) is 0 Å². The summed E-state index contributed by atoms with van der Waals surface area (Å²) in [7, 11) is 1.93. The molecule has 1 fully saturated rings. The number of hydrogen-bond acceptors (Lipinski definition) is 3. The average molecular weight is 230 g/mol. The van der Waals surface area contributed by atoms with Crippen LogP contribution in [0.25, 0.3) is 0 Å². The Morgan fingerprint density at radius 1 is 1.47 bits per heavy atom. The third-order valence-electron chi connectivity index (χ3n) is 3.33. The Labute approximate surface area is 96.8 Å². The molecule has 1 amide bonds. The molecule has 4 heteroatoms. The zero-order chi connectivity index (χ0) is 11.3. The molecule has 0 spiro atoms. The predicted molar refractivity (Wildman–Crippen MR) is 66.0 cm³/mol. The van der Waals surface area contributed by atoms with E-state index >= 15 is 0 Å². The molecule has 0 radical (unpaired) electrons. The summed E-state index contributed by atoms with van der Waals surface area (Å²) in [5.41, 5.74) is 5.76. The fourth-order valence-electron chi connectivity index (χ4n) is 2.38. The first-order valence-electron chi connectivity index (χ1n) is 5.65. The van der Waals surface area contributed by atoms with Crippen molar-refractivity contribution in [2.24, 2.45) is 11.7 Å². The third kappa shape index (κ3) is 3.38. The molecule has 88 valence electrons. The summed E-state index contributed by atoms with van der Waals surface area (Å²) in [4.78, 5) is 13.7. The molecule has 0 heterocycles. The van der Waals surface area contributed by atoms with Gasteiger partial charge in [0, 0.05) is 13.1 Å². The van der Waals surface area contributed by atoms with E-state index in [1.165, 1.54) is 19.3 Å². The van der Waals surface area contributed by atoms with Gasteiger partial charge in [0.2, 0.25) is 5.91 Å². The molecule has 0 bridgehead atoms. The maximum atomic E-state index is 11.8. The van der Waals surface area contributed by atoms with Gasteiger partial charge in [-0.3, -0.25) is 4.79 Å². The molecule has 0 aromatic heterocycles. The van der Waals surface area contributed by atoms with Gasteiger partial charge in [0.25, 0.3) is 0 Å². The number of carbonyl (C=O) groups is 1. The molecule has 2 unspecified atom stereocenters. The van der Waals surface area contributed by atoms with Gasteiger partial charge in [-0.2, -0.15) is 11.8 Å². The third-order valence-corrected chi connectivity index (χ3v) is 3.87. The summed E-state index contributed by atoms with van der Waals surface area (Å²) in [6, 6.07) is 0.378. The minimum absolute atomic E-state index is 0.243. The molecule has 1 aliphatic carbocycles. The second-order valence-corrected chi connectivity index (χ2v) is 5.15. The van der Waals surface area contributed by atoms with Crippen molar-refractivity contribution < 1.29 is 4.79 Å². The highest BCUT2D eigenvalue weighted by molar-refractivity contribution is 7.99. The van der Waals surface area contributed by atoms with Crippen LogP contribution >= 0.6 is 11.8 Å². The highest BCUT2D eigenvalue weighted by atomic mass is 32.2. The summed E-state index contributed by atoms with van der Waals surface area (Å²) >= 11 is 1.59. The van der Waals surface area contributed by atoms with E-state index in [1.807, 2.05) is 18.2 Å². The maximum absolute atomic E-state index is 11.8. The van der Waals surface area contributed by atoms with Gasteiger partial charge in [0.05, 0.1) is 5.75 Å². The van der Waals surface area contributed by atoms with Gasteiger partial charge in [-0.1, -0.05) is 12.8 Å². The van der Waals surface area contributed by atoms with Gasteiger partial charge in [-0.05, 0) is 31.6 Å². The van der Waals surface area contributed by atoms with Gasteiger partial charge in [-0.25, -0.2) is 0 Å². The molecule has 1 saturated carbocycles.